The first-order valence-corrected chi connectivity index (χ1v) is 10.5. The van der Waals surface area contributed by atoms with E-state index in [0.717, 1.165) is 54.1 Å². The molecule has 4 aromatic heterocycles. The summed E-state index contributed by atoms with van der Waals surface area (Å²) >= 11 is 0. The summed E-state index contributed by atoms with van der Waals surface area (Å²) in [6, 6.07) is 8.33. The van der Waals surface area contributed by atoms with Crippen molar-refractivity contribution in [2.24, 2.45) is 0 Å². The molecule has 0 aromatic carbocycles. The van der Waals surface area contributed by atoms with Crippen molar-refractivity contribution < 1.29 is 4.79 Å². The van der Waals surface area contributed by atoms with Gasteiger partial charge < -0.3 is 15.2 Å². The number of nitrogens with zero attached hydrogens (tertiary/aromatic N) is 6. The van der Waals surface area contributed by atoms with Gasteiger partial charge in [0.2, 0.25) is 0 Å². The molecule has 2 N–H and O–H groups in total. The van der Waals surface area contributed by atoms with E-state index < -0.39 is 0 Å². The second-order valence-corrected chi connectivity index (χ2v) is 8.19. The maximum Gasteiger partial charge on any atom is 0.271 e. The van der Waals surface area contributed by atoms with Crippen LogP contribution in [0.25, 0.3) is 5.52 Å². The smallest absolute Gasteiger partial charge is 0.271 e. The number of aromatic nitrogens is 6. The van der Waals surface area contributed by atoms with Gasteiger partial charge in [-0.2, -0.15) is 5.10 Å². The van der Waals surface area contributed by atoms with Gasteiger partial charge in [0.05, 0.1) is 35.6 Å². The molecule has 9 nitrogen and oxygen atoms in total. The molecule has 1 saturated carbocycles. The molecule has 0 saturated heterocycles. The van der Waals surface area contributed by atoms with Crippen LogP contribution in [0, 0.1) is 6.92 Å². The van der Waals surface area contributed by atoms with Crippen molar-refractivity contribution in [2.45, 2.75) is 38.3 Å². The lowest BCUT2D eigenvalue weighted by atomic mass is 10.00. The van der Waals surface area contributed by atoms with Crippen molar-refractivity contribution in [3.8, 4) is 0 Å². The predicted molar refractivity (Wildman–Crippen MR) is 114 cm³/mol. The summed E-state index contributed by atoms with van der Waals surface area (Å²) < 4.78 is 1.95. The van der Waals surface area contributed by atoms with Crippen LogP contribution in [0.1, 0.15) is 52.1 Å². The van der Waals surface area contributed by atoms with Gasteiger partial charge in [-0.25, -0.2) is 19.5 Å². The highest BCUT2D eigenvalue weighted by Gasteiger charge is 2.34. The Kier molecular flexibility index (Phi) is 4.02. The second kappa shape index (κ2) is 6.90. The van der Waals surface area contributed by atoms with E-state index in [-0.39, 0.29) is 18.0 Å². The summed E-state index contributed by atoms with van der Waals surface area (Å²) in [6.45, 7) is 2.79. The molecule has 2 aliphatic rings. The zero-order valence-corrected chi connectivity index (χ0v) is 17.1. The minimum Gasteiger partial charge on any atom is -0.348 e. The van der Waals surface area contributed by atoms with Crippen molar-refractivity contribution in [2.75, 3.05) is 11.4 Å². The third-order valence-electron chi connectivity index (χ3n) is 5.98. The summed E-state index contributed by atoms with van der Waals surface area (Å²) in [5.41, 5.74) is 5.41. The molecule has 31 heavy (non-hydrogen) atoms. The zero-order chi connectivity index (χ0) is 20.9. The normalized spacial score (nSPS) is 18.2. The molecule has 1 aliphatic heterocycles. The third-order valence-corrected chi connectivity index (χ3v) is 5.98. The summed E-state index contributed by atoms with van der Waals surface area (Å²) in [6.07, 6.45) is 7.86. The highest BCUT2D eigenvalue weighted by Crippen LogP contribution is 2.35. The number of carbonyl (C=O) groups excluding carboxylic acids is 1. The number of carbonyl (C=O) groups is 1. The lowest BCUT2D eigenvalue weighted by Gasteiger charge is -2.34. The average Bonchev–Trinajstić information content (AvgIpc) is 3.29. The molecule has 1 fully saturated rings. The zero-order valence-electron chi connectivity index (χ0n) is 17.1. The van der Waals surface area contributed by atoms with E-state index in [1.165, 1.54) is 0 Å². The van der Waals surface area contributed by atoms with Crippen LogP contribution < -0.4 is 10.2 Å². The van der Waals surface area contributed by atoms with E-state index in [1.807, 2.05) is 23.6 Å². The number of nitrogens with one attached hydrogen (secondary N) is 2. The van der Waals surface area contributed by atoms with E-state index in [2.05, 4.69) is 42.3 Å². The third kappa shape index (κ3) is 3.13. The molecule has 9 heteroatoms. The van der Waals surface area contributed by atoms with Crippen LogP contribution in [-0.2, 0) is 6.42 Å². The van der Waals surface area contributed by atoms with Crippen molar-refractivity contribution in [3.05, 3.63) is 71.5 Å². The first kappa shape index (κ1) is 18.1. The van der Waals surface area contributed by atoms with Crippen molar-refractivity contribution in [1.82, 2.24) is 34.9 Å². The van der Waals surface area contributed by atoms with Crippen molar-refractivity contribution in [3.63, 3.8) is 0 Å². The molecular weight excluding hydrogens is 392 g/mol. The van der Waals surface area contributed by atoms with Gasteiger partial charge in [0.15, 0.2) is 0 Å². The Morgan fingerprint density at radius 3 is 2.87 bits per heavy atom. The van der Waals surface area contributed by atoms with Crippen LogP contribution in [-0.4, -0.2) is 48.0 Å². The van der Waals surface area contributed by atoms with E-state index in [9.17, 15) is 4.79 Å². The summed E-state index contributed by atoms with van der Waals surface area (Å²) in [5, 5.41) is 7.84. The SMILES string of the molecule is Cc1cccc2cc([C@@H]3c4nc[nH]c4CCN3c3cnc(C(=O)NC4CC4)cn3)nn12. The number of hydrogen-bond acceptors (Lipinski definition) is 6. The molecule has 4 aromatic rings. The lowest BCUT2D eigenvalue weighted by Crippen LogP contribution is -2.37. The van der Waals surface area contributed by atoms with Crippen LogP contribution in [0.15, 0.2) is 43.0 Å². The van der Waals surface area contributed by atoms with Gasteiger partial charge in [-0.15, -0.1) is 0 Å². The molecule has 0 unspecified atom stereocenters. The number of aryl methyl sites for hydroxylation is 1. The molecule has 1 amide bonds. The van der Waals surface area contributed by atoms with E-state index in [1.54, 1.807) is 18.7 Å². The topological polar surface area (TPSA) is 104 Å². The maximum atomic E-state index is 12.3. The number of pyridine rings is 1. The Morgan fingerprint density at radius 2 is 2.10 bits per heavy atom. The number of imidazole rings is 1. The quantitative estimate of drug-likeness (QED) is 0.531. The van der Waals surface area contributed by atoms with Crippen LogP contribution in [0.2, 0.25) is 0 Å². The van der Waals surface area contributed by atoms with E-state index >= 15 is 0 Å². The fourth-order valence-electron chi connectivity index (χ4n) is 4.20. The summed E-state index contributed by atoms with van der Waals surface area (Å²) in [7, 11) is 0. The molecular formula is C22H22N8O. The molecule has 5 heterocycles. The average molecular weight is 414 g/mol. The Morgan fingerprint density at radius 1 is 1.19 bits per heavy atom. The standard InChI is InChI=1S/C22H22N8O/c1-13-3-2-4-15-9-17(28-30(13)15)21-20-16(25-12-26-20)7-8-29(21)19-11-23-18(10-24-19)22(31)27-14-5-6-14/h2-4,9-12,14,21H,5-8H2,1H3,(H,25,26)(H,27,31)/t21-/m1/s1. The predicted octanol–water partition coefficient (Wildman–Crippen LogP) is 2.20. The highest BCUT2D eigenvalue weighted by molar-refractivity contribution is 5.92. The minimum absolute atomic E-state index is 0.165. The van der Waals surface area contributed by atoms with Gasteiger partial charge in [0.1, 0.15) is 17.6 Å². The maximum absolute atomic E-state index is 12.3. The molecule has 0 radical (unpaired) electrons. The first-order valence-electron chi connectivity index (χ1n) is 10.5. The molecule has 1 atom stereocenters. The first-order chi connectivity index (χ1) is 15.2. The Bertz CT molecular complexity index is 1270. The fourth-order valence-corrected chi connectivity index (χ4v) is 4.20. The van der Waals surface area contributed by atoms with Gasteiger partial charge in [-0.3, -0.25) is 4.79 Å². The Balaban J connectivity index is 1.38. The molecule has 0 spiro atoms. The number of anilines is 1. The van der Waals surface area contributed by atoms with Gasteiger partial charge in [-0.1, -0.05) is 6.07 Å². The van der Waals surface area contributed by atoms with E-state index in [4.69, 9.17) is 5.10 Å². The van der Waals surface area contributed by atoms with Crippen molar-refractivity contribution in [1.29, 1.82) is 0 Å². The van der Waals surface area contributed by atoms with Gasteiger partial charge in [0, 0.05) is 30.4 Å². The highest BCUT2D eigenvalue weighted by atomic mass is 16.2. The largest absolute Gasteiger partial charge is 0.348 e. The lowest BCUT2D eigenvalue weighted by molar-refractivity contribution is 0.0945. The van der Waals surface area contributed by atoms with Gasteiger partial charge >= 0.3 is 0 Å². The number of hydrogen-bond donors (Lipinski definition) is 2. The van der Waals surface area contributed by atoms with Gasteiger partial charge in [0.25, 0.3) is 5.91 Å². The summed E-state index contributed by atoms with van der Waals surface area (Å²) in [4.78, 5) is 31.3. The van der Waals surface area contributed by atoms with Gasteiger partial charge in [-0.05, 0) is 38.0 Å². The minimum atomic E-state index is -0.185. The van der Waals surface area contributed by atoms with Crippen molar-refractivity contribution >= 4 is 17.2 Å². The summed E-state index contributed by atoms with van der Waals surface area (Å²) in [5.74, 6) is 0.539. The number of rotatable bonds is 4. The second-order valence-electron chi connectivity index (χ2n) is 8.19. The van der Waals surface area contributed by atoms with Crippen LogP contribution in [0.5, 0.6) is 0 Å². The number of amides is 1. The van der Waals surface area contributed by atoms with Crippen LogP contribution in [0.3, 0.4) is 0 Å². The monoisotopic (exact) mass is 414 g/mol. The number of H-pyrrole nitrogens is 1. The Hall–Kier alpha value is -3.75. The fraction of sp³-hybridized carbons (Fsp3) is 0.318. The van der Waals surface area contributed by atoms with E-state index in [0.29, 0.717) is 11.5 Å². The van der Waals surface area contributed by atoms with Crippen LogP contribution >= 0.6 is 0 Å². The molecule has 6 rings (SSSR count). The number of aromatic amines is 1. The molecule has 0 bridgehead atoms. The number of fused-ring (bicyclic) bond motifs is 2. The Labute approximate surface area is 178 Å². The molecule has 1 aliphatic carbocycles. The van der Waals surface area contributed by atoms with Crippen LogP contribution in [0.4, 0.5) is 5.82 Å². The molecule has 156 valence electrons.